The van der Waals surface area contributed by atoms with Crippen molar-refractivity contribution in [3.63, 3.8) is 0 Å². The van der Waals surface area contributed by atoms with E-state index in [1.807, 2.05) is 13.8 Å². The van der Waals surface area contributed by atoms with Crippen LogP contribution >= 0.6 is 7.14 Å². The minimum absolute atomic E-state index is 0.228. The van der Waals surface area contributed by atoms with Crippen LogP contribution in [0.1, 0.15) is 136 Å². The number of carbonyl (C=O) groups excluding carboxylic acids is 4. The lowest BCUT2D eigenvalue weighted by molar-refractivity contribution is -0.113. The van der Waals surface area contributed by atoms with Gasteiger partial charge >= 0.3 is 0 Å². The van der Waals surface area contributed by atoms with Gasteiger partial charge in [0, 0.05) is 49.7 Å². The molecule has 4 aliphatic rings. The van der Waals surface area contributed by atoms with Crippen molar-refractivity contribution in [1.29, 1.82) is 0 Å². The minimum atomic E-state index is -1.93. The van der Waals surface area contributed by atoms with Crippen LogP contribution in [0.25, 0.3) is 0 Å². The molecule has 4 fully saturated rings. The van der Waals surface area contributed by atoms with Gasteiger partial charge in [0.05, 0.1) is 13.7 Å². The molecule has 47 heavy (non-hydrogen) atoms. The Bertz CT molecular complexity index is 752. The van der Waals surface area contributed by atoms with Crippen molar-refractivity contribution < 1.29 is 38.7 Å². The smallest absolute Gasteiger partial charge is 0.123 e. The van der Waals surface area contributed by atoms with Crippen LogP contribution in [0.15, 0.2) is 0 Å². The van der Waals surface area contributed by atoms with Crippen molar-refractivity contribution in [2.24, 2.45) is 35.5 Å². The van der Waals surface area contributed by atoms with Crippen LogP contribution in [0.3, 0.4) is 0 Å². The fourth-order valence-electron chi connectivity index (χ4n) is 6.30. The van der Waals surface area contributed by atoms with E-state index >= 15 is 0 Å². The van der Waals surface area contributed by atoms with E-state index in [9.17, 15) is 23.7 Å². The molecule has 0 amide bonds. The molecular weight excluding hydrogens is 615 g/mol. The van der Waals surface area contributed by atoms with Gasteiger partial charge in [-0.1, -0.05) is 65.2 Å². The van der Waals surface area contributed by atoms with E-state index < -0.39 is 7.14 Å². The third-order valence-corrected chi connectivity index (χ3v) is 10.4. The first-order valence-electron chi connectivity index (χ1n) is 18.8. The molecule has 4 unspecified atom stereocenters. The first-order chi connectivity index (χ1) is 22.7. The fraction of sp³-hybridized carbons (Fsp3) is 0.895. The number of rotatable bonds is 10. The van der Waals surface area contributed by atoms with Crippen molar-refractivity contribution in [1.82, 2.24) is 0 Å². The summed E-state index contributed by atoms with van der Waals surface area (Å²) in [6.45, 7) is 11.1. The molecule has 0 bridgehead atoms. The van der Waals surface area contributed by atoms with E-state index in [1.54, 1.807) is 20.3 Å². The van der Waals surface area contributed by atoms with Crippen molar-refractivity contribution in [2.75, 3.05) is 45.9 Å². The van der Waals surface area contributed by atoms with Crippen molar-refractivity contribution in [3.05, 3.63) is 0 Å². The van der Waals surface area contributed by atoms with E-state index in [0.29, 0.717) is 36.4 Å². The highest BCUT2D eigenvalue weighted by Crippen LogP contribution is 2.35. The summed E-state index contributed by atoms with van der Waals surface area (Å²) in [5.74, 6) is 2.20. The molecule has 9 heteroatoms. The van der Waals surface area contributed by atoms with Crippen LogP contribution in [0.4, 0.5) is 0 Å². The standard InChI is InChI=1S/C12H23O3P.C8H14O2.2C7H12O.C2H6O.C2H6/c1-16(2,14)7-6-15-10-12-5-3-4-11(8-12)9-13;9-5-7-2-1-3-8(4-7)6-10;2*8-6-7-4-2-1-3-5-7;1-2-3;1-2/h9,11-12H,3-8,10H2,1-2H3;5,7-8,10H,1-4,6H2;2*6-7H,1-5H2;3H,2H2,1H3;1-2H3. The van der Waals surface area contributed by atoms with Gasteiger partial charge in [0.1, 0.15) is 25.1 Å². The van der Waals surface area contributed by atoms with Gasteiger partial charge in [-0.05, 0) is 96.3 Å². The molecule has 0 aromatic heterocycles. The summed E-state index contributed by atoms with van der Waals surface area (Å²) in [5, 5.41) is 16.4. The van der Waals surface area contributed by atoms with Crippen LogP contribution in [0, 0.1) is 35.5 Å². The number of aliphatic hydroxyl groups excluding tert-OH is 2. The minimum Gasteiger partial charge on any atom is -0.397 e. The maximum atomic E-state index is 11.4. The largest absolute Gasteiger partial charge is 0.397 e. The zero-order chi connectivity index (χ0) is 35.8. The molecule has 0 saturated heterocycles. The zero-order valence-corrected chi connectivity index (χ0v) is 31.7. The monoisotopic (exact) mass is 689 g/mol. The summed E-state index contributed by atoms with van der Waals surface area (Å²) in [4.78, 5) is 41.3. The molecule has 4 rings (SSSR count). The summed E-state index contributed by atoms with van der Waals surface area (Å²) in [7, 11) is -1.93. The van der Waals surface area contributed by atoms with E-state index in [0.717, 1.165) is 102 Å². The van der Waals surface area contributed by atoms with Gasteiger partial charge in [0.25, 0.3) is 0 Å². The Hall–Kier alpha value is -1.21. The number of aliphatic hydroxyl groups is 2. The molecule has 278 valence electrons. The molecule has 2 N–H and O–H groups in total. The number of ether oxygens (including phenoxy) is 1. The molecule has 4 atom stereocenters. The van der Waals surface area contributed by atoms with Crippen LogP contribution < -0.4 is 0 Å². The number of hydrogen-bond acceptors (Lipinski definition) is 8. The molecule has 0 aromatic rings. The summed E-state index contributed by atoms with van der Waals surface area (Å²) in [6, 6.07) is 0. The highest BCUT2D eigenvalue weighted by atomic mass is 31.2. The van der Waals surface area contributed by atoms with Gasteiger partial charge in [-0.2, -0.15) is 0 Å². The second-order valence-corrected chi connectivity index (χ2v) is 17.4. The van der Waals surface area contributed by atoms with Crippen LogP contribution in [0.2, 0.25) is 0 Å². The highest BCUT2D eigenvalue weighted by Gasteiger charge is 2.22. The first kappa shape index (κ1) is 47.9. The second kappa shape index (κ2) is 33.3. The fourth-order valence-corrected chi connectivity index (χ4v) is 6.87. The maximum absolute atomic E-state index is 11.4. The van der Waals surface area contributed by atoms with Crippen LogP contribution in [-0.4, -0.2) is 81.3 Å². The second-order valence-electron chi connectivity index (χ2n) is 13.8. The highest BCUT2D eigenvalue weighted by molar-refractivity contribution is 7.62. The van der Waals surface area contributed by atoms with Gasteiger partial charge in [-0.3, -0.25) is 0 Å². The normalized spacial score (nSPS) is 24.6. The van der Waals surface area contributed by atoms with E-state index in [2.05, 4.69) is 0 Å². The molecule has 4 saturated carbocycles. The van der Waals surface area contributed by atoms with Gasteiger partial charge < -0.3 is 38.7 Å². The van der Waals surface area contributed by atoms with Crippen LogP contribution in [-0.2, 0) is 28.5 Å². The number of aldehydes is 4. The molecule has 0 spiro atoms. The van der Waals surface area contributed by atoms with Crippen LogP contribution in [0.5, 0.6) is 0 Å². The summed E-state index contributed by atoms with van der Waals surface area (Å²) in [6.07, 6.45) is 25.8. The van der Waals surface area contributed by atoms with E-state index in [4.69, 9.17) is 14.9 Å². The van der Waals surface area contributed by atoms with E-state index in [-0.39, 0.29) is 25.0 Å². The predicted molar refractivity (Wildman–Crippen MR) is 195 cm³/mol. The topological polar surface area (TPSA) is 135 Å². The Morgan fingerprint density at radius 2 is 0.957 bits per heavy atom. The molecule has 0 aromatic carbocycles. The first-order valence-corrected chi connectivity index (χ1v) is 21.6. The Morgan fingerprint density at radius 1 is 0.596 bits per heavy atom. The lowest BCUT2D eigenvalue weighted by Gasteiger charge is -2.25. The SMILES string of the molecule is CC.CCO.CP(C)(=O)CCOCC1CCCC(C=O)C1.O=CC1CCCC(CO)C1.O=CC1CCCCC1.O=CC1CCCCC1. The Kier molecular flexibility index (Phi) is 33.9. The van der Waals surface area contributed by atoms with Gasteiger partial charge in [-0.15, -0.1) is 0 Å². The van der Waals surface area contributed by atoms with Gasteiger partial charge in [0.2, 0.25) is 0 Å². The summed E-state index contributed by atoms with van der Waals surface area (Å²) < 4.78 is 17.0. The van der Waals surface area contributed by atoms with Crippen molar-refractivity contribution in [3.8, 4) is 0 Å². The number of carbonyl (C=O) groups is 4. The Labute approximate surface area is 288 Å². The molecule has 0 heterocycles. The number of hydrogen-bond donors (Lipinski definition) is 2. The molecule has 4 aliphatic carbocycles. The summed E-state index contributed by atoms with van der Waals surface area (Å²) in [5.41, 5.74) is 0. The quantitative estimate of drug-likeness (QED) is 0.133. The Morgan fingerprint density at radius 3 is 1.30 bits per heavy atom. The lowest BCUT2D eigenvalue weighted by atomic mass is 9.83. The van der Waals surface area contributed by atoms with Crippen molar-refractivity contribution >= 4 is 32.3 Å². The van der Waals surface area contributed by atoms with Gasteiger partial charge in [0.15, 0.2) is 0 Å². The third kappa shape index (κ3) is 29.4. The van der Waals surface area contributed by atoms with E-state index in [1.165, 1.54) is 44.9 Å². The predicted octanol–water partition coefficient (Wildman–Crippen LogP) is 8.17. The zero-order valence-electron chi connectivity index (χ0n) is 30.8. The average molecular weight is 689 g/mol. The lowest BCUT2D eigenvalue weighted by Crippen LogP contribution is -2.21. The molecular formula is C38H73O8P. The van der Waals surface area contributed by atoms with Crippen molar-refractivity contribution in [2.45, 2.75) is 136 Å². The maximum Gasteiger partial charge on any atom is 0.123 e. The summed E-state index contributed by atoms with van der Waals surface area (Å²) >= 11 is 0. The molecule has 0 aliphatic heterocycles. The third-order valence-electron chi connectivity index (χ3n) is 9.10. The molecule has 0 radical (unpaired) electrons. The van der Waals surface area contributed by atoms with Gasteiger partial charge in [-0.25, -0.2) is 0 Å². The molecule has 8 nitrogen and oxygen atoms in total. The average Bonchev–Trinajstić information content (AvgIpc) is 3.12. The Balaban J connectivity index is 0.